The zero-order valence-corrected chi connectivity index (χ0v) is 15.7. The van der Waals surface area contributed by atoms with Crippen LogP contribution in [-0.4, -0.2) is 30.4 Å². The Kier molecular flexibility index (Phi) is 5.91. The first kappa shape index (κ1) is 19.8. The van der Waals surface area contributed by atoms with Crippen molar-refractivity contribution < 1.29 is 9.59 Å². The molecule has 0 saturated carbocycles. The highest BCUT2D eigenvalue weighted by atomic mass is 16.2. The lowest BCUT2D eigenvalue weighted by Crippen LogP contribution is -2.54. The predicted octanol–water partition coefficient (Wildman–Crippen LogP) is 2.08. The van der Waals surface area contributed by atoms with Crippen LogP contribution in [0, 0.1) is 30.1 Å². The van der Waals surface area contributed by atoms with Crippen LogP contribution in [0.25, 0.3) is 0 Å². The molecule has 1 aliphatic heterocycles. The number of benzene rings is 1. The molecule has 0 bridgehead atoms. The number of carbonyl (C=O) groups is 2. The number of carbonyl (C=O) groups excluding carboxylic acids is 2. The highest BCUT2D eigenvalue weighted by molar-refractivity contribution is 5.87. The number of hydrogen-bond acceptors (Lipinski definition) is 4. The van der Waals surface area contributed by atoms with Gasteiger partial charge in [-0.3, -0.25) is 9.59 Å². The average Bonchev–Trinajstić information content (AvgIpc) is 2.60. The maximum absolute atomic E-state index is 12.3. The molecule has 1 saturated heterocycles. The molecule has 0 aliphatic carbocycles. The lowest BCUT2D eigenvalue weighted by Gasteiger charge is -2.39. The number of nitriles is 1. The maximum Gasteiger partial charge on any atom is 0.225 e. The van der Waals surface area contributed by atoms with Crippen molar-refractivity contribution in [3.05, 3.63) is 36.2 Å². The second-order valence-corrected chi connectivity index (χ2v) is 7.67. The molecule has 2 rings (SSSR count). The van der Waals surface area contributed by atoms with Crippen LogP contribution in [0.1, 0.15) is 38.7 Å². The number of hydrogen-bond donors (Lipinski definition) is 2. The number of anilines is 1. The molecule has 0 atom stereocenters. The number of rotatable bonds is 6. The van der Waals surface area contributed by atoms with Crippen LogP contribution in [0.4, 0.5) is 5.69 Å². The van der Waals surface area contributed by atoms with Gasteiger partial charge in [0.05, 0.1) is 12.5 Å². The van der Waals surface area contributed by atoms with Crippen LogP contribution in [0.3, 0.4) is 0 Å². The highest BCUT2D eigenvalue weighted by Gasteiger charge is 2.37. The van der Waals surface area contributed by atoms with E-state index in [0.29, 0.717) is 25.9 Å². The summed E-state index contributed by atoms with van der Waals surface area (Å²) in [5.41, 5.74) is 6.00. The second kappa shape index (κ2) is 7.77. The Labute approximate surface area is 155 Å². The molecule has 139 valence electrons. The quantitative estimate of drug-likeness (QED) is 0.816. The van der Waals surface area contributed by atoms with Gasteiger partial charge in [0.15, 0.2) is 0 Å². The van der Waals surface area contributed by atoms with Gasteiger partial charge in [-0.05, 0) is 31.0 Å². The molecule has 26 heavy (non-hydrogen) atoms. The molecule has 3 N–H and O–H groups in total. The standard InChI is InChI=1S/C20H27N4O2/c1-15-5-4-6-16(13-15)24-11-9-20(14-21,10-12-24)23-17(25)7-8-19(2,3)18(22)26/h4-7,13H,8-12H2,1-3H3,(H2,22,26)(H,23,25). The van der Waals surface area contributed by atoms with E-state index in [0.717, 1.165) is 5.69 Å². The van der Waals surface area contributed by atoms with Gasteiger partial charge in [0.25, 0.3) is 0 Å². The van der Waals surface area contributed by atoms with Crippen molar-refractivity contribution in [2.24, 2.45) is 11.1 Å². The normalized spacial score (nSPS) is 16.6. The summed E-state index contributed by atoms with van der Waals surface area (Å²) in [7, 11) is 0. The monoisotopic (exact) mass is 355 g/mol. The molecule has 0 aromatic heterocycles. The van der Waals surface area contributed by atoms with Crippen molar-refractivity contribution in [3.8, 4) is 6.07 Å². The molecule has 1 aromatic carbocycles. The fourth-order valence-corrected chi connectivity index (χ4v) is 2.97. The van der Waals surface area contributed by atoms with Crippen LogP contribution >= 0.6 is 0 Å². The van der Waals surface area contributed by atoms with E-state index in [1.807, 2.05) is 6.07 Å². The van der Waals surface area contributed by atoms with Crippen molar-refractivity contribution in [2.45, 2.75) is 45.6 Å². The highest BCUT2D eigenvalue weighted by Crippen LogP contribution is 2.27. The molecular formula is C20H27N4O2. The van der Waals surface area contributed by atoms with E-state index in [9.17, 15) is 14.9 Å². The van der Waals surface area contributed by atoms with E-state index in [4.69, 9.17) is 5.73 Å². The first-order chi connectivity index (χ1) is 12.2. The third-order valence-electron chi connectivity index (χ3n) is 5.03. The van der Waals surface area contributed by atoms with Crippen LogP contribution in [-0.2, 0) is 9.59 Å². The fraction of sp³-hybridized carbons (Fsp3) is 0.500. The SMILES string of the molecule is Cc1cccc(N2CCC(C#N)(NC(=O)[CH]CC(C)(C)C(N)=O)CC2)c1. The van der Waals surface area contributed by atoms with Crippen LogP contribution in [0.2, 0.25) is 0 Å². The summed E-state index contributed by atoms with van der Waals surface area (Å²) in [6.07, 6.45) is 2.76. The third-order valence-corrected chi connectivity index (χ3v) is 5.03. The molecule has 0 spiro atoms. The number of nitrogens with zero attached hydrogens (tertiary/aromatic N) is 2. The van der Waals surface area contributed by atoms with Gasteiger partial charge < -0.3 is 16.0 Å². The van der Waals surface area contributed by atoms with E-state index >= 15 is 0 Å². The molecule has 1 aromatic rings. The van der Waals surface area contributed by atoms with E-state index in [-0.39, 0.29) is 12.3 Å². The molecule has 1 fully saturated rings. The number of nitrogens with two attached hydrogens (primary N) is 1. The minimum absolute atomic E-state index is 0.241. The molecule has 2 amide bonds. The lowest BCUT2D eigenvalue weighted by atomic mass is 9.85. The number of aryl methyl sites for hydroxylation is 1. The largest absolute Gasteiger partial charge is 0.371 e. The molecule has 1 aliphatic rings. The van der Waals surface area contributed by atoms with E-state index in [1.165, 1.54) is 12.0 Å². The predicted molar refractivity (Wildman–Crippen MR) is 101 cm³/mol. The number of amides is 2. The number of nitrogens with one attached hydrogen (secondary N) is 1. The second-order valence-electron chi connectivity index (χ2n) is 7.67. The van der Waals surface area contributed by atoms with Gasteiger partial charge in [-0.25, -0.2) is 0 Å². The Balaban J connectivity index is 1.93. The Bertz CT molecular complexity index is 713. The topological polar surface area (TPSA) is 99.2 Å². The Morgan fingerprint density at radius 1 is 1.38 bits per heavy atom. The summed E-state index contributed by atoms with van der Waals surface area (Å²) < 4.78 is 0. The molecule has 6 nitrogen and oxygen atoms in total. The summed E-state index contributed by atoms with van der Waals surface area (Å²) in [6, 6.07) is 10.5. The van der Waals surface area contributed by atoms with Crippen molar-refractivity contribution in [1.82, 2.24) is 5.32 Å². The Morgan fingerprint density at radius 2 is 2.04 bits per heavy atom. The molecule has 1 radical (unpaired) electrons. The van der Waals surface area contributed by atoms with Crippen molar-refractivity contribution in [1.29, 1.82) is 5.26 Å². The van der Waals surface area contributed by atoms with Gasteiger partial charge in [-0.2, -0.15) is 5.26 Å². The average molecular weight is 355 g/mol. The maximum atomic E-state index is 12.3. The van der Waals surface area contributed by atoms with Gasteiger partial charge in [-0.1, -0.05) is 26.0 Å². The Morgan fingerprint density at radius 3 is 2.58 bits per heavy atom. The van der Waals surface area contributed by atoms with E-state index in [1.54, 1.807) is 13.8 Å². The minimum atomic E-state index is -0.870. The van der Waals surface area contributed by atoms with E-state index in [2.05, 4.69) is 41.4 Å². The molecule has 6 heteroatoms. The fourth-order valence-electron chi connectivity index (χ4n) is 2.97. The summed E-state index contributed by atoms with van der Waals surface area (Å²) in [4.78, 5) is 25.8. The van der Waals surface area contributed by atoms with Gasteiger partial charge >= 0.3 is 0 Å². The van der Waals surface area contributed by atoms with Crippen molar-refractivity contribution in [3.63, 3.8) is 0 Å². The molecular weight excluding hydrogens is 328 g/mol. The van der Waals surface area contributed by atoms with Crippen molar-refractivity contribution in [2.75, 3.05) is 18.0 Å². The Hall–Kier alpha value is -2.55. The van der Waals surface area contributed by atoms with Gasteiger partial charge in [0.2, 0.25) is 11.8 Å². The molecule has 0 unspecified atom stereocenters. The van der Waals surface area contributed by atoms with Gasteiger partial charge in [0, 0.05) is 37.0 Å². The number of piperidine rings is 1. The smallest absolute Gasteiger partial charge is 0.225 e. The summed E-state index contributed by atoms with van der Waals surface area (Å²) >= 11 is 0. The zero-order valence-electron chi connectivity index (χ0n) is 15.7. The third kappa shape index (κ3) is 4.75. The summed E-state index contributed by atoms with van der Waals surface area (Å²) in [5.74, 6) is -0.784. The molecule has 1 heterocycles. The van der Waals surface area contributed by atoms with Crippen LogP contribution in [0.15, 0.2) is 24.3 Å². The first-order valence-corrected chi connectivity index (χ1v) is 8.86. The minimum Gasteiger partial charge on any atom is -0.371 e. The number of primary amides is 1. The first-order valence-electron chi connectivity index (χ1n) is 8.86. The van der Waals surface area contributed by atoms with Gasteiger partial charge in [0.1, 0.15) is 5.54 Å². The van der Waals surface area contributed by atoms with Crippen LogP contribution < -0.4 is 16.0 Å². The summed E-state index contributed by atoms with van der Waals surface area (Å²) in [5, 5.41) is 12.5. The lowest BCUT2D eigenvalue weighted by molar-refractivity contribution is -0.126. The van der Waals surface area contributed by atoms with Crippen molar-refractivity contribution >= 4 is 17.5 Å². The van der Waals surface area contributed by atoms with Crippen LogP contribution in [0.5, 0.6) is 0 Å². The van der Waals surface area contributed by atoms with E-state index < -0.39 is 16.9 Å². The summed E-state index contributed by atoms with van der Waals surface area (Å²) in [6.45, 7) is 6.84. The van der Waals surface area contributed by atoms with Gasteiger partial charge in [-0.15, -0.1) is 0 Å². The zero-order chi connectivity index (χ0) is 19.4.